The molecule has 3 rings (SSSR count). The van der Waals surface area contributed by atoms with Gasteiger partial charge in [-0.3, -0.25) is 4.79 Å². The Morgan fingerprint density at radius 1 is 0.957 bits per heavy atom. The lowest BCUT2D eigenvalue weighted by Crippen LogP contribution is -2.32. The van der Waals surface area contributed by atoms with Crippen molar-refractivity contribution in [2.45, 2.75) is 31.5 Å². The molecule has 0 amide bonds. The van der Waals surface area contributed by atoms with Crippen molar-refractivity contribution in [3.8, 4) is 11.1 Å². The van der Waals surface area contributed by atoms with E-state index in [0.717, 1.165) is 41.7 Å². The van der Waals surface area contributed by atoms with Crippen LogP contribution in [0, 0.1) is 0 Å². The Bertz CT molecular complexity index is 680. The molecule has 1 aliphatic heterocycles. The molecule has 0 aromatic heterocycles. The van der Waals surface area contributed by atoms with Crippen LogP contribution in [0.2, 0.25) is 0 Å². The second-order valence-electron chi connectivity index (χ2n) is 5.63. The standard InChI is InChI=1S/C18H15F3O2/c19-18(20,21)15-8-6-14(7-9-15)13-4-1-12(2-5-13)3-10-16-11-17(22)23-16/h1-2,4-9,16H,3,10-11H2. The molecule has 1 aliphatic rings. The van der Waals surface area contributed by atoms with Crippen LogP contribution in [-0.2, 0) is 22.1 Å². The predicted molar refractivity (Wildman–Crippen MR) is 79.7 cm³/mol. The number of benzene rings is 2. The number of alkyl halides is 3. The van der Waals surface area contributed by atoms with Gasteiger partial charge in [0.1, 0.15) is 6.10 Å². The van der Waals surface area contributed by atoms with Crippen molar-refractivity contribution < 1.29 is 22.7 Å². The van der Waals surface area contributed by atoms with Gasteiger partial charge in [0.05, 0.1) is 12.0 Å². The maximum atomic E-state index is 12.6. The highest BCUT2D eigenvalue weighted by atomic mass is 19.4. The average Bonchev–Trinajstić information content (AvgIpc) is 2.50. The Balaban J connectivity index is 1.63. The summed E-state index contributed by atoms with van der Waals surface area (Å²) in [6.07, 6.45) is -2.19. The summed E-state index contributed by atoms with van der Waals surface area (Å²) < 4.78 is 42.6. The van der Waals surface area contributed by atoms with Gasteiger partial charge in [-0.25, -0.2) is 0 Å². The maximum Gasteiger partial charge on any atom is 0.416 e. The van der Waals surface area contributed by atoms with Crippen LogP contribution in [0.5, 0.6) is 0 Å². The second kappa shape index (κ2) is 6.07. The fourth-order valence-corrected chi connectivity index (χ4v) is 2.57. The summed E-state index contributed by atoms with van der Waals surface area (Å²) in [5.74, 6) is -0.146. The molecular formula is C18H15F3O2. The Morgan fingerprint density at radius 3 is 1.96 bits per heavy atom. The van der Waals surface area contributed by atoms with Crippen molar-refractivity contribution in [2.24, 2.45) is 0 Å². The molecular weight excluding hydrogens is 305 g/mol. The molecule has 0 aliphatic carbocycles. The van der Waals surface area contributed by atoms with Crippen LogP contribution >= 0.6 is 0 Å². The van der Waals surface area contributed by atoms with E-state index in [1.165, 1.54) is 12.1 Å². The van der Waals surface area contributed by atoms with Gasteiger partial charge in [0, 0.05) is 0 Å². The first-order valence-electron chi connectivity index (χ1n) is 7.38. The number of carbonyl (C=O) groups is 1. The minimum Gasteiger partial charge on any atom is -0.462 e. The summed E-state index contributed by atoms with van der Waals surface area (Å²) in [6.45, 7) is 0. The highest BCUT2D eigenvalue weighted by molar-refractivity contribution is 5.75. The van der Waals surface area contributed by atoms with Gasteiger partial charge in [0.2, 0.25) is 0 Å². The topological polar surface area (TPSA) is 26.3 Å². The number of hydrogen-bond acceptors (Lipinski definition) is 2. The van der Waals surface area contributed by atoms with E-state index < -0.39 is 11.7 Å². The maximum absolute atomic E-state index is 12.6. The largest absolute Gasteiger partial charge is 0.462 e. The number of hydrogen-bond donors (Lipinski definition) is 0. The first-order valence-corrected chi connectivity index (χ1v) is 7.38. The van der Waals surface area contributed by atoms with Crippen LogP contribution in [0.4, 0.5) is 13.2 Å². The van der Waals surface area contributed by atoms with E-state index in [0.29, 0.717) is 6.42 Å². The van der Waals surface area contributed by atoms with Gasteiger partial charge in [-0.15, -0.1) is 0 Å². The summed E-state index contributed by atoms with van der Waals surface area (Å²) in [5, 5.41) is 0. The van der Waals surface area contributed by atoms with Crippen molar-refractivity contribution in [1.29, 1.82) is 0 Å². The summed E-state index contributed by atoms with van der Waals surface area (Å²) in [7, 11) is 0. The minimum atomic E-state index is -4.31. The highest BCUT2D eigenvalue weighted by Gasteiger charge is 2.30. The van der Waals surface area contributed by atoms with Crippen LogP contribution in [0.3, 0.4) is 0 Å². The lowest BCUT2D eigenvalue weighted by Gasteiger charge is -2.25. The van der Waals surface area contributed by atoms with Crippen molar-refractivity contribution >= 4 is 5.97 Å². The van der Waals surface area contributed by atoms with Crippen molar-refractivity contribution in [1.82, 2.24) is 0 Å². The number of rotatable bonds is 4. The van der Waals surface area contributed by atoms with Gasteiger partial charge in [-0.2, -0.15) is 13.2 Å². The third kappa shape index (κ3) is 3.73. The number of carbonyl (C=O) groups excluding carboxylic acids is 1. The molecule has 23 heavy (non-hydrogen) atoms. The molecule has 1 fully saturated rings. The molecule has 0 spiro atoms. The molecule has 1 atom stereocenters. The Kier molecular flexibility index (Phi) is 4.11. The summed E-state index contributed by atoms with van der Waals surface area (Å²) >= 11 is 0. The van der Waals surface area contributed by atoms with E-state index in [4.69, 9.17) is 4.74 Å². The van der Waals surface area contributed by atoms with Crippen LogP contribution in [-0.4, -0.2) is 12.1 Å². The summed E-state index contributed by atoms with van der Waals surface area (Å²) in [6, 6.07) is 12.8. The van der Waals surface area contributed by atoms with E-state index in [-0.39, 0.29) is 12.1 Å². The molecule has 0 radical (unpaired) electrons. The smallest absolute Gasteiger partial charge is 0.416 e. The zero-order valence-electron chi connectivity index (χ0n) is 12.3. The molecule has 0 N–H and O–H groups in total. The first-order chi connectivity index (χ1) is 10.9. The number of cyclic esters (lactones) is 1. The quantitative estimate of drug-likeness (QED) is 0.768. The molecule has 1 saturated heterocycles. The first kappa shape index (κ1) is 15.6. The normalized spacial score (nSPS) is 17.5. The molecule has 2 aromatic carbocycles. The van der Waals surface area contributed by atoms with E-state index in [1.807, 2.05) is 24.3 Å². The van der Waals surface area contributed by atoms with Crippen LogP contribution in [0.15, 0.2) is 48.5 Å². The van der Waals surface area contributed by atoms with Gasteiger partial charge in [-0.05, 0) is 41.7 Å². The number of esters is 1. The summed E-state index contributed by atoms with van der Waals surface area (Å²) in [4.78, 5) is 10.7. The zero-order chi connectivity index (χ0) is 16.4. The molecule has 2 aromatic rings. The Hall–Kier alpha value is -2.30. The Labute approximate surface area is 131 Å². The zero-order valence-corrected chi connectivity index (χ0v) is 12.3. The van der Waals surface area contributed by atoms with Crippen molar-refractivity contribution in [3.63, 3.8) is 0 Å². The third-order valence-electron chi connectivity index (χ3n) is 3.95. The van der Waals surface area contributed by atoms with E-state index in [2.05, 4.69) is 0 Å². The molecule has 1 unspecified atom stereocenters. The second-order valence-corrected chi connectivity index (χ2v) is 5.63. The average molecular weight is 320 g/mol. The van der Waals surface area contributed by atoms with E-state index in [1.54, 1.807) is 0 Å². The molecule has 0 saturated carbocycles. The number of halogens is 3. The van der Waals surface area contributed by atoms with Gasteiger partial charge < -0.3 is 4.74 Å². The van der Waals surface area contributed by atoms with E-state index in [9.17, 15) is 18.0 Å². The molecule has 2 nitrogen and oxygen atoms in total. The van der Waals surface area contributed by atoms with Crippen molar-refractivity contribution in [3.05, 3.63) is 59.7 Å². The Morgan fingerprint density at radius 2 is 1.48 bits per heavy atom. The lowest BCUT2D eigenvalue weighted by molar-refractivity contribution is -0.169. The molecule has 120 valence electrons. The molecule has 0 bridgehead atoms. The molecule has 5 heteroatoms. The SMILES string of the molecule is O=C1CC(CCc2ccc(-c3ccc(C(F)(F)F)cc3)cc2)O1. The summed E-state index contributed by atoms with van der Waals surface area (Å²) in [5.41, 5.74) is 2.09. The number of ether oxygens (including phenoxy) is 1. The van der Waals surface area contributed by atoms with Crippen LogP contribution < -0.4 is 0 Å². The van der Waals surface area contributed by atoms with Gasteiger partial charge in [0.25, 0.3) is 0 Å². The minimum absolute atomic E-state index is 0.0251. The monoisotopic (exact) mass is 320 g/mol. The number of aryl methyl sites for hydroxylation is 1. The predicted octanol–water partition coefficient (Wildman–Crippen LogP) is 4.62. The molecule has 1 heterocycles. The van der Waals surface area contributed by atoms with Crippen molar-refractivity contribution in [2.75, 3.05) is 0 Å². The fraction of sp³-hybridized carbons (Fsp3) is 0.278. The van der Waals surface area contributed by atoms with Gasteiger partial charge in [-0.1, -0.05) is 36.4 Å². The highest BCUT2D eigenvalue weighted by Crippen LogP contribution is 2.31. The van der Waals surface area contributed by atoms with Crippen LogP contribution in [0.1, 0.15) is 24.0 Å². The van der Waals surface area contributed by atoms with Gasteiger partial charge in [0.15, 0.2) is 0 Å². The lowest BCUT2D eigenvalue weighted by atomic mass is 9.99. The third-order valence-corrected chi connectivity index (χ3v) is 3.95. The fourth-order valence-electron chi connectivity index (χ4n) is 2.57. The van der Waals surface area contributed by atoms with Gasteiger partial charge >= 0.3 is 12.1 Å². The van der Waals surface area contributed by atoms with E-state index >= 15 is 0 Å². The van der Waals surface area contributed by atoms with Crippen LogP contribution in [0.25, 0.3) is 11.1 Å².